The van der Waals surface area contributed by atoms with Crippen LogP contribution < -0.4 is 5.32 Å². The van der Waals surface area contributed by atoms with Gasteiger partial charge in [-0.3, -0.25) is 9.78 Å². The molecule has 2 atom stereocenters. The smallest absolute Gasteiger partial charge is 0.230 e. The van der Waals surface area contributed by atoms with Gasteiger partial charge in [0.1, 0.15) is 0 Å². The van der Waals surface area contributed by atoms with Crippen molar-refractivity contribution in [1.82, 2.24) is 10.3 Å². The molecule has 1 aromatic heterocycles. The number of hydrogen-bond donors (Lipinski definition) is 2. The maximum absolute atomic E-state index is 11.9. The van der Waals surface area contributed by atoms with Crippen LogP contribution in [-0.2, 0) is 10.5 Å². The number of thioether (sulfide) groups is 1. The lowest BCUT2D eigenvalue weighted by Gasteiger charge is -2.30. The standard InChI is InChI=1S/C15H22N2O2S/c18-9-13-5-1-2-6-14(13)17-15(19)11-20-10-12-4-3-7-16-8-12/h3-4,7-8,13-14,18H,1-2,5-6,9-11H2,(H,17,19). The zero-order valence-corrected chi connectivity index (χ0v) is 12.4. The molecule has 110 valence electrons. The molecule has 5 heteroatoms. The summed E-state index contributed by atoms with van der Waals surface area (Å²) in [7, 11) is 0. The summed E-state index contributed by atoms with van der Waals surface area (Å²) in [5.41, 5.74) is 1.14. The van der Waals surface area contributed by atoms with Crippen molar-refractivity contribution in [2.45, 2.75) is 37.5 Å². The van der Waals surface area contributed by atoms with Crippen LogP contribution in [-0.4, -0.2) is 34.4 Å². The van der Waals surface area contributed by atoms with Gasteiger partial charge in [-0.05, 0) is 24.5 Å². The van der Waals surface area contributed by atoms with E-state index in [2.05, 4.69) is 10.3 Å². The Morgan fingerprint density at radius 2 is 2.30 bits per heavy atom. The summed E-state index contributed by atoms with van der Waals surface area (Å²) in [5, 5.41) is 12.4. The molecule has 20 heavy (non-hydrogen) atoms. The normalized spacial score (nSPS) is 22.4. The third kappa shape index (κ3) is 4.80. The molecule has 0 spiro atoms. The van der Waals surface area contributed by atoms with Gasteiger partial charge in [-0.1, -0.05) is 18.9 Å². The Morgan fingerprint density at radius 3 is 3.05 bits per heavy atom. The van der Waals surface area contributed by atoms with Gasteiger partial charge in [0.2, 0.25) is 5.91 Å². The van der Waals surface area contributed by atoms with E-state index in [4.69, 9.17) is 0 Å². The van der Waals surface area contributed by atoms with Gasteiger partial charge in [0.25, 0.3) is 0 Å². The van der Waals surface area contributed by atoms with Crippen LogP contribution in [0.15, 0.2) is 24.5 Å². The van der Waals surface area contributed by atoms with Gasteiger partial charge in [0, 0.05) is 36.7 Å². The Labute approximate surface area is 124 Å². The largest absolute Gasteiger partial charge is 0.396 e. The summed E-state index contributed by atoms with van der Waals surface area (Å²) in [4.78, 5) is 16.0. The van der Waals surface area contributed by atoms with Crippen molar-refractivity contribution in [2.75, 3.05) is 12.4 Å². The van der Waals surface area contributed by atoms with Gasteiger partial charge < -0.3 is 10.4 Å². The Kier molecular flexibility index (Phi) is 6.33. The summed E-state index contributed by atoms with van der Waals surface area (Å²) >= 11 is 1.60. The van der Waals surface area contributed by atoms with Gasteiger partial charge in [-0.2, -0.15) is 0 Å². The number of aliphatic hydroxyl groups is 1. The first-order valence-corrected chi connectivity index (χ1v) is 8.32. The van der Waals surface area contributed by atoms with Crippen LogP contribution in [0.1, 0.15) is 31.2 Å². The third-order valence-corrected chi connectivity index (χ3v) is 4.72. The van der Waals surface area contributed by atoms with E-state index >= 15 is 0 Å². The molecule has 0 aromatic carbocycles. The van der Waals surface area contributed by atoms with Crippen LogP contribution >= 0.6 is 11.8 Å². The fourth-order valence-electron chi connectivity index (χ4n) is 2.61. The number of aliphatic hydroxyl groups excluding tert-OH is 1. The highest BCUT2D eigenvalue weighted by Crippen LogP contribution is 2.24. The second kappa shape index (κ2) is 8.27. The molecular weight excluding hydrogens is 272 g/mol. The Bertz CT molecular complexity index is 414. The molecule has 1 aliphatic carbocycles. The minimum absolute atomic E-state index is 0.0734. The molecule has 2 rings (SSSR count). The van der Waals surface area contributed by atoms with Crippen LogP contribution in [0.3, 0.4) is 0 Å². The fourth-order valence-corrected chi connectivity index (χ4v) is 3.39. The lowest BCUT2D eigenvalue weighted by Crippen LogP contribution is -2.44. The van der Waals surface area contributed by atoms with Crippen molar-refractivity contribution in [3.63, 3.8) is 0 Å². The highest BCUT2D eigenvalue weighted by molar-refractivity contribution is 7.99. The van der Waals surface area contributed by atoms with Crippen LogP contribution in [0.4, 0.5) is 0 Å². The quantitative estimate of drug-likeness (QED) is 0.842. The summed E-state index contributed by atoms with van der Waals surface area (Å²) in [6, 6.07) is 4.07. The number of pyridine rings is 1. The van der Waals surface area contributed by atoms with E-state index in [0.717, 1.165) is 37.0 Å². The number of rotatable bonds is 6. The zero-order valence-electron chi connectivity index (χ0n) is 11.6. The molecule has 1 aromatic rings. The Morgan fingerprint density at radius 1 is 1.45 bits per heavy atom. The van der Waals surface area contributed by atoms with Gasteiger partial charge in [0.15, 0.2) is 0 Å². The maximum Gasteiger partial charge on any atom is 0.230 e. The number of carbonyl (C=O) groups excluding carboxylic acids is 1. The van der Waals surface area contributed by atoms with E-state index < -0.39 is 0 Å². The van der Waals surface area contributed by atoms with E-state index in [0.29, 0.717) is 5.75 Å². The second-order valence-corrected chi connectivity index (χ2v) is 6.24. The van der Waals surface area contributed by atoms with Crippen LogP contribution in [0.5, 0.6) is 0 Å². The fraction of sp³-hybridized carbons (Fsp3) is 0.600. The molecule has 0 saturated heterocycles. The van der Waals surface area contributed by atoms with E-state index in [1.165, 1.54) is 0 Å². The summed E-state index contributed by atoms with van der Waals surface area (Å²) in [6.45, 7) is 0.174. The van der Waals surface area contributed by atoms with E-state index in [1.54, 1.807) is 18.0 Å². The number of amides is 1. The van der Waals surface area contributed by atoms with Crippen molar-refractivity contribution in [3.05, 3.63) is 30.1 Å². The second-order valence-electron chi connectivity index (χ2n) is 5.26. The first kappa shape index (κ1) is 15.3. The van der Waals surface area contributed by atoms with Crippen molar-refractivity contribution in [1.29, 1.82) is 0 Å². The maximum atomic E-state index is 11.9. The van der Waals surface area contributed by atoms with E-state index in [9.17, 15) is 9.90 Å². The summed E-state index contributed by atoms with van der Waals surface area (Å²) in [6.07, 6.45) is 7.89. The number of aromatic nitrogens is 1. The molecule has 0 bridgehead atoms. The minimum Gasteiger partial charge on any atom is -0.396 e. The van der Waals surface area contributed by atoms with Crippen LogP contribution in [0, 0.1) is 5.92 Å². The number of hydrogen-bond acceptors (Lipinski definition) is 4. The first-order chi connectivity index (χ1) is 9.79. The Balaban J connectivity index is 1.69. The molecule has 1 fully saturated rings. The van der Waals surface area contributed by atoms with Crippen molar-refractivity contribution in [2.24, 2.45) is 5.92 Å². The molecule has 1 aliphatic rings. The van der Waals surface area contributed by atoms with Crippen LogP contribution in [0.25, 0.3) is 0 Å². The number of nitrogens with one attached hydrogen (secondary N) is 1. The molecule has 0 radical (unpaired) electrons. The van der Waals surface area contributed by atoms with Gasteiger partial charge in [0.05, 0.1) is 5.75 Å². The topological polar surface area (TPSA) is 62.2 Å². The lowest BCUT2D eigenvalue weighted by molar-refractivity contribution is -0.120. The van der Waals surface area contributed by atoms with E-state index in [-0.39, 0.29) is 24.5 Å². The highest BCUT2D eigenvalue weighted by Gasteiger charge is 2.25. The highest BCUT2D eigenvalue weighted by atomic mass is 32.2. The summed E-state index contributed by atoms with van der Waals surface area (Å²) in [5.74, 6) is 1.57. The van der Waals surface area contributed by atoms with Gasteiger partial charge in [-0.25, -0.2) is 0 Å². The third-order valence-electron chi connectivity index (χ3n) is 3.71. The van der Waals surface area contributed by atoms with Gasteiger partial charge in [-0.15, -0.1) is 11.8 Å². The first-order valence-electron chi connectivity index (χ1n) is 7.16. The zero-order chi connectivity index (χ0) is 14.2. The predicted molar refractivity (Wildman–Crippen MR) is 81.4 cm³/mol. The molecule has 1 amide bonds. The van der Waals surface area contributed by atoms with Crippen molar-refractivity contribution in [3.8, 4) is 0 Å². The summed E-state index contributed by atoms with van der Waals surface area (Å²) < 4.78 is 0. The molecule has 4 nitrogen and oxygen atoms in total. The SMILES string of the molecule is O=C(CSCc1cccnc1)NC1CCCCC1CO. The predicted octanol–water partition coefficient (Wildman–Crippen LogP) is 1.98. The average Bonchev–Trinajstić information content (AvgIpc) is 2.49. The van der Waals surface area contributed by atoms with Gasteiger partial charge >= 0.3 is 0 Å². The van der Waals surface area contributed by atoms with Crippen molar-refractivity contribution >= 4 is 17.7 Å². The molecule has 1 heterocycles. The monoisotopic (exact) mass is 294 g/mol. The lowest BCUT2D eigenvalue weighted by atomic mass is 9.85. The van der Waals surface area contributed by atoms with E-state index in [1.807, 2.05) is 18.3 Å². The number of carbonyl (C=O) groups is 1. The average molecular weight is 294 g/mol. The molecule has 0 aliphatic heterocycles. The molecule has 2 N–H and O–H groups in total. The van der Waals surface area contributed by atoms with Crippen molar-refractivity contribution < 1.29 is 9.90 Å². The minimum atomic E-state index is 0.0734. The molecule has 2 unspecified atom stereocenters. The number of nitrogens with zero attached hydrogens (tertiary/aromatic N) is 1. The van der Waals surface area contributed by atoms with Crippen LogP contribution in [0.2, 0.25) is 0 Å². The molecular formula is C15H22N2O2S. The molecule has 1 saturated carbocycles. The Hall–Kier alpha value is -1.07.